The number of hydrogen-bond acceptors (Lipinski definition) is 8. The molecule has 0 rings (SSSR count). The van der Waals surface area contributed by atoms with Crippen molar-refractivity contribution < 1.29 is 51.7 Å². The van der Waals surface area contributed by atoms with E-state index in [-0.39, 0.29) is 0 Å². The SMILES string of the molecule is CC(=NOS(=O)(=O)CC(F)(F)F)C(C)=NOS(=O)(=O)CC(F)(F)F. The summed E-state index contributed by atoms with van der Waals surface area (Å²) in [6.45, 7) is 1.86. The maximum absolute atomic E-state index is 11.9. The van der Waals surface area contributed by atoms with Crippen LogP contribution in [0, 0.1) is 0 Å². The van der Waals surface area contributed by atoms with Gasteiger partial charge in [-0.3, -0.25) is 8.57 Å². The van der Waals surface area contributed by atoms with Crippen molar-refractivity contribution in [3.05, 3.63) is 0 Å². The lowest BCUT2D eigenvalue weighted by Gasteiger charge is -2.07. The Labute approximate surface area is 132 Å². The Bertz CT molecular complexity index is 644. The van der Waals surface area contributed by atoms with Crippen molar-refractivity contribution in [2.24, 2.45) is 10.3 Å². The van der Waals surface area contributed by atoms with E-state index in [9.17, 15) is 43.2 Å². The molecule has 0 amide bonds. The highest BCUT2D eigenvalue weighted by molar-refractivity contribution is 7.87. The fourth-order valence-electron chi connectivity index (χ4n) is 0.811. The molecule has 0 aliphatic carbocycles. The Kier molecular flexibility index (Phi) is 7.04. The summed E-state index contributed by atoms with van der Waals surface area (Å²) in [5.74, 6) is -4.66. The number of oxime groups is 2. The van der Waals surface area contributed by atoms with Gasteiger partial charge in [-0.15, -0.1) is 0 Å². The molecule has 0 spiro atoms. The molecule has 0 aromatic rings. The van der Waals surface area contributed by atoms with Gasteiger partial charge >= 0.3 is 32.6 Å². The Morgan fingerprint density at radius 2 is 1.00 bits per heavy atom. The molecule has 0 aromatic carbocycles. The van der Waals surface area contributed by atoms with E-state index in [2.05, 4.69) is 18.9 Å². The fourth-order valence-corrected chi connectivity index (χ4v) is 2.17. The normalized spacial score (nSPS) is 15.3. The second-order valence-electron chi connectivity index (χ2n) is 4.14. The highest BCUT2D eigenvalue weighted by Gasteiger charge is 2.37. The zero-order valence-corrected chi connectivity index (χ0v) is 13.5. The molecule has 0 aromatic heterocycles. The minimum atomic E-state index is -5.11. The van der Waals surface area contributed by atoms with E-state index in [0.717, 1.165) is 13.8 Å². The van der Waals surface area contributed by atoms with Crippen molar-refractivity contribution in [1.82, 2.24) is 0 Å². The van der Waals surface area contributed by atoms with Gasteiger partial charge in [-0.05, 0) is 13.8 Å². The van der Waals surface area contributed by atoms with Gasteiger partial charge in [0.1, 0.15) is 11.4 Å². The largest absolute Gasteiger partial charge is 0.406 e. The van der Waals surface area contributed by atoms with Crippen LogP contribution in [0.4, 0.5) is 26.3 Å². The molecule has 0 bridgehead atoms. The second-order valence-corrected chi connectivity index (χ2v) is 7.24. The van der Waals surface area contributed by atoms with Crippen LogP contribution < -0.4 is 0 Å². The van der Waals surface area contributed by atoms with Crippen LogP contribution in [0.1, 0.15) is 13.8 Å². The van der Waals surface area contributed by atoms with Gasteiger partial charge in [0.15, 0.2) is 11.5 Å². The first-order valence-electron chi connectivity index (χ1n) is 5.48. The summed E-state index contributed by atoms with van der Waals surface area (Å²) in [5.41, 5.74) is -1.11. The van der Waals surface area contributed by atoms with E-state index < -0.39 is 55.5 Å². The second kappa shape index (κ2) is 7.54. The van der Waals surface area contributed by atoms with Crippen molar-refractivity contribution >= 4 is 31.7 Å². The molecule has 0 aliphatic heterocycles. The lowest BCUT2D eigenvalue weighted by molar-refractivity contribution is -0.108. The van der Waals surface area contributed by atoms with Crippen LogP contribution in [0.3, 0.4) is 0 Å². The molecule has 0 saturated heterocycles. The van der Waals surface area contributed by atoms with E-state index in [1.807, 2.05) is 0 Å². The number of hydrogen-bond donors (Lipinski definition) is 0. The molecule has 0 heterocycles. The molecule has 8 nitrogen and oxygen atoms in total. The summed E-state index contributed by atoms with van der Waals surface area (Å²) in [6, 6.07) is 0. The molecule has 0 saturated carbocycles. The molecular weight excluding hydrogens is 398 g/mol. The van der Waals surface area contributed by atoms with E-state index in [1.165, 1.54) is 0 Å². The molecule has 0 atom stereocenters. The quantitative estimate of drug-likeness (QED) is 0.359. The average molecular weight is 408 g/mol. The first-order chi connectivity index (χ1) is 10.4. The summed E-state index contributed by atoms with van der Waals surface area (Å²) < 4.78 is 122. The summed E-state index contributed by atoms with van der Waals surface area (Å²) in [7, 11) is -10.2. The topological polar surface area (TPSA) is 111 Å². The number of nitrogens with zero attached hydrogens (tertiary/aromatic N) is 2. The van der Waals surface area contributed by atoms with Gasteiger partial charge in [-0.1, -0.05) is 10.3 Å². The van der Waals surface area contributed by atoms with Crippen LogP contribution in [0.15, 0.2) is 10.3 Å². The smallest absolute Gasteiger partial charge is 0.268 e. The van der Waals surface area contributed by atoms with Crippen molar-refractivity contribution in [1.29, 1.82) is 0 Å². The highest BCUT2D eigenvalue weighted by atomic mass is 32.2. The number of rotatable bonds is 7. The Morgan fingerprint density at radius 3 is 1.21 bits per heavy atom. The number of alkyl halides is 6. The third-order valence-corrected chi connectivity index (χ3v) is 3.75. The van der Waals surface area contributed by atoms with Gasteiger partial charge < -0.3 is 0 Å². The van der Waals surface area contributed by atoms with Crippen LogP contribution in [0.5, 0.6) is 0 Å². The zero-order chi connectivity index (χ0) is 19.4. The van der Waals surface area contributed by atoms with Crippen molar-refractivity contribution in [3.63, 3.8) is 0 Å². The maximum atomic E-state index is 11.9. The van der Waals surface area contributed by atoms with Crippen LogP contribution in [-0.4, -0.2) is 52.1 Å². The Morgan fingerprint density at radius 1 is 0.750 bits per heavy atom. The molecule has 24 heavy (non-hydrogen) atoms. The molecule has 16 heteroatoms. The minimum absolute atomic E-state index is 0.553. The van der Waals surface area contributed by atoms with Crippen LogP contribution in [-0.2, 0) is 28.8 Å². The van der Waals surface area contributed by atoms with Crippen LogP contribution >= 0.6 is 0 Å². The molecule has 0 N–H and O–H groups in total. The monoisotopic (exact) mass is 408 g/mol. The summed E-state index contributed by atoms with van der Waals surface area (Å²) in [4.78, 5) is 0. The van der Waals surface area contributed by atoms with Gasteiger partial charge in [0.2, 0.25) is 0 Å². The summed E-state index contributed by atoms with van der Waals surface area (Å²) in [6.07, 6.45) is -10.2. The van der Waals surface area contributed by atoms with E-state index in [4.69, 9.17) is 0 Å². The Balaban J connectivity index is 4.96. The fraction of sp³-hybridized carbons (Fsp3) is 0.750. The molecule has 0 fully saturated rings. The molecule has 142 valence electrons. The lowest BCUT2D eigenvalue weighted by Crippen LogP contribution is -2.24. The number of halogens is 6. The zero-order valence-electron chi connectivity index (χ0n) is 11.8. The van der Waals surface area contributed by atoms with Gasteiger partial charge in [0.25, 0.3) is 0 Å². The van der Waals surface area contributed by atoms with Crippen molar-refractivity contribution in [3.8, 4) is 0 Å². The molecule has 0 aliphatic rings. The predicted octanol–water partition coefficient (Wildman–Crippen LogP) is 1.56. The van der Waals surface area contributed by atoms with Crippen molar-refractivity contribution in [2.45, 2.75) is 26.2 Å². The van der Waals surface area contributed by atoms with Crippen LogP contribution in [0.2, 0.25) is 0 Å². The maximum Gasteiger partial charge on any atom is 0.406 e. The first kappa shape index (κ1) is 22.4. The van der Waals surface area contributed by atoms with E-state index in [0.29, 0.717) is 0 Å². The van der Waals surface area contributed by atoms with E-state index in [1.54, 1.807) is 0 Å². The minimum Gasteiger partial charge on any atom is -0.268 e. The standard InChI is InChI=1S/C8H10F6N2O6S2/c1-5(15-21-23(17,18)3-7(9,10)11)6(2)16-22-24(19,20)4-8(12,13)14/h3-4H2,1-2H3. The molecule has 0 radical (unpaired) electrons. The van der Waals surface area contributed by atoms with Crippen molar-refractivity contribution in [2.75, 3.05) is 11.5 Å². The lowest BCUT2D eigenvalue weighted by atomic mass is 10.3. The van der Waals surface area contributed by atoms with Gasteiger partial charge in [-0.25, -0.2) is 0 Å². The molecule has 0 unspecified atom stereocenters. The van der Waals surface area contributed by atoms with Crippen LogP contribution in [0.25, 0.3) is 0 Å². The average Bonchev–Trinajstić information content (AvgIpc) is 2.27. The van der Waals surface area contributed by atoms with Gasteiger partial charge in [-0.2, -0.15) is 43.2 Å². The van der Waals surface area contributed by atoms with Gasteiger partial charge in [0, 0.05) is 0 Å². The predicted molar refractivity (Wildman–Crippen MR) is 68.1 cm³/mol. The summed E-state index contributed by atoms with van der Waals surface area (Å²) in [5, 5.41) is 5.51. The highest BCUT2D eigenvalue weighted by Crippen LogP contribution is 2.19. The first-order valence-corrected chi connectivity index (χ1v) is 8.64. The molecular formula is C8H10F6N2O6S2. The van der Waals surface area contributed by atoms with Gasteiger partial charge in [0.05, 0.1) is 0 Å². The van der Waals surface area contributed by atoms with E-state index >= 15 is 0 Å². The summed E-state index contributed by atoms with van der Waals surface area (Å²) >= 11 is 0. The third kappa shape index (κ3) is 11.0. The Hall–Kier alpha value is -1.58. The third-order valence-electron chi connectivity index (χ3n) is 1.78.